The molecule has 0 unspecified atom stereocenters. The molecule has 0 fully saturated rings. The standard InChI is InChI=1S/C34H45NO/c1-8-13-27-14-19-32(35-24-27)31-18-17-30(23-26(31)7)34(11-4,12-5)29-16-15-28(25(6)22-29)20-21-33(36,9-2)10-3/h14-24,36H,8-13H2,1-7H3. The second-order valence-corrected chi connectivity index (χ2v) is 10.3. The van der Waals surface area contributed by atoms with E-state index in [1.54, 1.807) is 0 Å². The smallest absolute Gasteiger partial charge is 0.0825 e. The summed E-state index contributed by atoms with van der Waals surface area (Å²) in [5.41, 5.74) is 9.19. The average molecular weight is 484 g/mol. The predicted molar refractivity (Wildman–Crippen MR) is 156 cm³/mol. The Kier molecular flexibility index (Phi) is 9.30. The Hall–Kier alpha value is -2.71. The number of rotatable bonds is 11. The van der Waals surface area contributed by atoms with Crippen molar-refractivity contribution in [2.45, 2.75) is 98.0 Å². The Morgan fingerprint density at radius 3 is 1.92 bits per heavy atom. The van der Waals surface area contributed by atoms with Crippen molar-refractivity contribution in [3.63, 3.8) is 0 Å². The fourth-order valence-electron chi connectivity index (χ4n) is 5.39. The molecule has 0 atom stereocenters. The van der Waals surface area contributed by atoms with Crippen LogP contribution in [0.5, 0.6) is 0 Å². The summed E-state index contributed by atoms with van der Waals surface area (Å²) in [5.74, 6) is 0. The quantitative estimate of drug-likeness (QED) is 0.295. The van der Waals surface area contributed by atoms with Crippen LogP contribution in [0.15, 0.2) is 60.8 Å². The van der Waals surface area contributed by atoms with Crippen molar-refractivity contribution in [1.29, 1.82) is 0 Å². The van der Waals surface area contributed by atoms with E-state index in [0.717, 1.165) is 44.2 Å². The van der Waals surface area contributed by atoms with Gasteiger partial charge in [0, 0.05) is 17.2 Å². The van der Waals surface area contributed by atoms with Gasteiger partial charge in [-0.25, -0.2) is 0 Å². The van der Waals surface area contributed by atoms with Crippen LogP contribution in [-0.2, 0) is 11.8 Å². The maximum absolute atomic E-state index is 10.7. The number of aliphatic hydroxyl groups is 1. The maximum Gasteiger partial charge on any atom is 0.0825 e. The van der Waals surface area contributed by atoms with Gasteiger partial charge < -0.3 is 5.11 Å². The lowest BCUT2D eigenvalue weighted by molar-refractivity contribution is 0.0836. The molecule has 1 heterocycles. The third kappa shape index (κ3) is 5.81. The minimum Gasteiger partial charge on any atom is -0.386 e. The van der Waals surface area contributed by atoms with E-state index in [0.29, 0.717) is 0 Å². The zero-order valence-electron chi connectivity index (χ0n) is 23.5. The molecule has 0 aliphatic heterocycles. The number of nitrogens with zero attached hydrogens (tertiary/aromatic N) is 1. The van der Waals surface area contributed by atoms with Gasteiger partial charge in [-0.1, -0.05) is 95.7 Å². The average Bonchev–Trinajstić information content (AvgIpc) is 2.90. The van der Waals surface area contributed by atoms with E-state index >= 15 is 0 Å². The van der Waals surface area contributed by atoms with E-state index in [1.165, 1.54) is 38.9 Å². The number of benzene rings is 2. The van der Waals surface area contributed by atoms with Gasteiger partial charge in [-0.15, -0.1) is 0 Å². The Morgan fingerprint density at radius 2 is 1.42 bits per heavy atom. The van der Waals surface area contributed by atoms with E-state index in [2.05, 4.69) is 89.2 Å². The number of pyridine rings is 1. The Labute approximate surface area is 219 Å². The predicted octanol–water partition coefficient (Wildman–Crippen LogP) is 8.99. The van der Waals surface area contributed by atoms with Crippen molar-refractivity contribution in [3.8, 4) is 11.3 Å². The molecule has 3 rings (SSSR count). The highest BCUT2D eigenvalue weighted by Gasteiger charge is 2.31. The molecule has 2 aromatic carbocycles. The fraction of sp³-hybridized carbons (Fsp3) is 0.441. The molecule has 0 amide bonds. The first-order valence-electron chi connectivity index (χ1n) is 13.8. The Bertz CT molecular complexity index is 1160. The molecular formula is C34H45NO. The molecule has 0 aliphatic rings. The number of hydrogen-bond donors (Lipinski definition) is 1. The van der Waals surface area contributed by atoms with E-state index < -0.39 is 5.60 Å². The fourth-order valence-corrected chi connectivity index (χ4v) is 5.39. The van der Waals surface area contributed by atoms with Crippen molar-refractivity contribution in [1.82, 2.24) is 4.98 Å². The minimum atomic E-state index is -0.730. The topological polar surface area (TPSA) is 33.1 Å². The Morgan fingerprint density at radius 1 is 0.778 bits per heavy atom. The molecule has 0 bridgehead atoms. The van der Waals surface area contributed by atoms with Gasteiger partial charge in [0.1, 0.15) is 0 Å². The number of aryl methyl sites for hydroxylation is 3. The lowest BCUT2D eigenvalue weighted by atomic mass is 9.69. The van der Waals surface area contributed by atoms with Crippen LogP contribution in [0.3, 0.4) is 0 Å². The zero-order valence-corrected chi connectivity index (χ0v) is 23.5. The zero-order chi connectivity index (χ0) is 26.3. The van der Waals surface area contributed by atoms with Crippen LogP contribution >= 0.6 is 0 Å². The van der Waals surface area contributed by atoms with Crippen molar-refractivity contribution < 1.29 is 5.11 Å². The van der Waals surface area contributed by atoms with Crippen LogP contribution < -0.4 is 0 Å². The van der Waals surface area contributed by atoms with Gasteiger partial charge >= 0.3 is 0 Å². The highest BCUT2D eigenvalue weighted by atomic mass is 16.3. The third-order valence-electron chi connectivity index (χ3n) is 8.25. The largest absolute Gasteiger partial charge is 0.386 e. The summed E-state index contributed by atoms with van der Waals surface area (Å²) in [5, 5.41) is 10.7. The second kappa shape index (κ2) is 12.0. The van der Waals surface area contributed by atoms with Crippen LogP contribution in [0.2, 0.25) is 0 Å². The molecule has 0 aliphatic carbocycles. The highest BCUT2D eigenvalue weighted by molar-refractivity contribution is 5.65. The first-order chi connectivity index (χ1) is 17.3. The summed E-state index contributed by atoms with van der Waals surface area (Å²) in [7, 11) is 0. The van der Waals surface area contributed by atoms with E-state index in [9.17, 15) is 5.11 Å². The first kappa shape index (κ1) is 27.9. The van der Waals surface area contributed by atoms with Crippen LogP contribution in [0.25, 0.3) is 17.3 Å². The van der Waals surface area contributed by atoms with Crippen LogP contribution in [0, 0.1) is 13.8 Å². The summed E-state index contributed by atoms with van der Waals surface area (Å²) in [6, 6.07) is 18.2. The van der Waals surface area contributed by atoms with Crippen LogP contribution in [0.1, 0.15) is 100 Å². The molecule has 36 heavy (non-hydrogen) atoms. The van der Waals surface area contributed by atoms with E-state index in [4.69, 9.17) is 4.98 Å². The monoisotopic (exact) mass is 483 g/mol. The summed E-state index contributed by atoms with van der Waals surface area (Å²) < 4.78 is 0. The molecule has 2 nitrogen and oxygen atoms in total. The molecule has 0 spiro atoms. The van der Waals surface area contributed by atoms with Gasteiger partial charge in [0.2, 0.25) is 0 Å². The number of aromatic nitrogens is 1. The van der Waals surface area contributed by atoms with E-state index in [1.807, 2.05) is 26.1 Å². The van der Waals surface area contributed by atoms with Crippen molar-refractivity contribution >= 4 is 6.08 Å². The molecule has 1 N–H and O–H groups in total. The lowest BCUT2D eigenvalue weighted by Gasteiger charge is -2.34. The number of hydrogen-bond acceptors (Lipinski definition) is 2. The summed E-state index contributed by atoms with van der Waals surface area (Å²) >= 11 is 0. The van der Waals surface area contributed by atoms with Gasteiger partial charge in [-0.3, -0.25) is 4.98 Å². The van der Waals surface area contributed by atoms with Crippen molar-refractivity contribution in [2.24, 2.45) is 0 Å². The van der Waals surface area contributed by atoms with Gasteiger partial charge in [0.25, 0.3) is 0 Å². The maximum atomic E-state index is 10.7. The van der Waals surface area contributed by atoms with Gasteiger partial charge in [0.05, 0.1) is 11.3 Å². The molecule has 0 saturated heterocycles. The minimum absolute atomic E-state index is 0.0394. The summed E-state index contributed by atoms with van der Waals surface area (Å²) in [6.07, 6.45) is 11.8. The first-order valence-corrected chi connectivity index (χ1v) is 13.8. The lowest BCUT2D eigenvalue weighted by Crippen LogP contribution is -2.26. The summed E-state index contributed by atoms with van der Waals surface area (Å²) in [6.45, 7) is 15.3. The molecule has 0 radical (unpaired) electrons. The van der Waals surface area contributed by atoms with Crippen molar-refractivity contribution in [2.75, 3.05) is 0 Å². The van der Waals surface area contributed by atoms with Gasteiger partial charge in [0.15, 0.2) is 0 Å². The van der Waals surface area contributed by atoms with Crippen molar-refractivity contribution in [3.05, 3.63) is 94.2 Å². The van der Waals surface area contributed by atoms with Crippen LogP contribution in [0.4, 0.5) is 0 Å². The molecule has 0 saturated carbocycles. The molecule has 192 valence electrons. The van der Waals surface area contributed by atoms with Gasteiger partial charge in [-0.05, 0) is 85.4 Å². The second-order valence-electron chi connectivity index (χ2n) is 10.3. The van der Waals surface area contributed by atoms with Crippen LogP contribution in [-0.4, -0.2) is 15.7 Å². The van der Waals surface area contributed by atoms with E-state index in [-0.39, 0.29) is 5.41 Å². The highest BCUT2D eigenvalue weighted by Crippen LogP contribution is 2.41. The molecule has 1 aromatic heterocycles. The molecule has 2 heteroatoms. The molecular weight excluding hydrogens is 438 g/mol. The SMILES string of the molecule is CCCc1ccc(-c2ccc(C(CC)(CC)c3ccc(C=CC(O)(CC)CC)c(C)c3)cc2C)nc1. The third-order valence-corrected chi connectivity index (χ3v) is 8.25. The van der Waals surface area contributed by atoms with Gasteiger partial charge in [-0.2, -0.15) is 0 Å². The summed E-state index contributed by atoms with van der Waals surface area (Å²) in [4.78, 5) is 4.76. The normalized spacial score (nSPS) is 12.4. The molecule has 3 aromatic rings. The Balaban J connectivity index is 1.97.